The molecule has 1 N–H and O–H groups in total. The van der Waals surface area contributed by atoms with Crippen LogP contribution in [0.25, 0.3) is 10.7 Å². The van der Waals surface area contributed by atoms with Crippen LogP contribution in [-0.4, -0.2) is 27.5 Å². The van der Waals surface area contributed by atoms with Crippen molar-refractivity contribution < 1.29 is 0 Å². The Hall–Kier alpha value is -0.910. The summed E-state index contributed by atoms with van der Waals surface area (Å²) in [4.78, 5) is 8.95. The van der Waals surface area contributed by atoms with Crippen LogP contribution in [0.1, 0.15) is 12.1 Å². The van der Waals surface area contributed by atoms with E-state index in [9.17, 15) is 0 Å². The highest BCUT2D eigenvalue weighted by Crippen LogP contribution is 2.22. The van der Waals surface area contributed by atoms with Gasteiger partial charge in [-0.3, -0.25) is 4.98 Å². The first-order chi connectivity index (χ1) is 8.92. The highest BCUT2D eigenvalue weighted by Gasteiger charge is 2.15. The van der Waals surface area contributed by atoms with Gasteiger partial charge >= 0.3 is 0 Å². The van der Waals surface area contributed by atoms with E-state index in [0.717, 1.165) is 22.9 Å². The molecule has 2 aromatic rings. The number of hydrogen-bond acceptors (Lipinski definition) is 5. The summed E-state index contributed by atoms with van der Waals surface area (Å²) in [5.41, 5.74) is 2.09. The van der Waals surface area contributed by atoms with E-state index in [0.29, 0.717) is 6.04 Å². The van der Waals surface area contributed by atoms with E-state index >= 15 is 0 Å². The van der Waals surface area contributed by atoms with E-state index in [4.69, 9.17) is 0 Å². The first-order valence-corrected chi connectivity index (χ1v) is 8.12. The fraction of sp³-hybridized carbons (Fsp3) is 0.385. The van der Waals surface area contributed by atoms with Crippen molar-refractivity contribution >= 4 is 23.1 Å². The molecule has 0 spiro atoms. The minimum atomic E-state index is 0.662. The predicted octanol–water partition coefficient (Wildman–Crippen LogP) is 2.80. The Labute approximate surface area is 115 Å². The van der Waals surface area contributed by atoms with Gasteiger partial charge in [0.2, 0.25) is 0 Å². The molecule has 0 aromatic carbocycles. The van der Waals surface area contributed by atoms with Gasteiger partial charge in [-0.05, 0) is 24.3 Å². The first-order valence-electron chi connectivity index (χ1n) is 6.09. The number of thioether (sulfide) groups is 1. The highest BCUT2D eigenvalue weighted by molar-refractivity contribution is 7.99. The van der Waals surface area contributed by atoms with Gasteiger partial charge in [0.05, 0.1) is 11.4 Å². The van der Waals surface area contributed by atoms with Crippen molar-refractivity contribution in [3.8, 4) is 10.7 Å². The molecule has 0 amide bonds. The van der Waals surface area contributed by atoms with Crippen LogP contribution >= 0.6 is 23.1 Å². The molecule has 3 heterocycles. The zero-order chi connectivity index (χ0) is 12.2. The van der Waals surface area contributed by atoms with E-state index in [1.807, 2.05) is 36.2 Å². The molecule has 1 unspecified atom stereocenters. The van der Waals surface area contributed by atoms with Gasteiger partial charge in [-0.15, -0.1) is 11.3 Å². The molecule has 0 bridgehead atoms. The van der Waals surface area contributed by atoms with E-state index in [1.54, 1.807) is 11.3 Å². The molecule has 0 radical (unpaired) electrons. The van der Waals surface area contributed by atoms with Gasteiger partial charge in [0.15, 0.2) is 0 Å². The number of nitrogens with zero attached hydrogens (tertiary/aromatic N) is 2. The Balaban J connectivity index is 1.63. The van der Waals surface area contributed by atoms with Gasteiger partial charge in [0.1, 0.15) is 5.01 Å². The molecule has 94 valence electrons. The van der Waals surface area contributed by atoms with Crippen molar-refractivity contribution in [3.63, 3.8) is 0 Å². The molecule has 1 aliphatic heterocycles. The number of thiazole rings is 1. The summed E-state index contributed by atoms with van der Waals surface area (Å²) in [6.07, 6.45) is 3.09. The summed E-state index contributed by atoms with van der Waals surface area (Å²) in [5.74, 6) is 2.52. The molecule has 3 nitrogen and oxygen atoms in total. The SMILES string of the molecule is c1ccc(-c2nc(CNC3CCSC3)cs2)nc1. The zero-order valence-electron chi connectivity index (χ0n) is 10.0. The monoisotopic (exact) mass is 277 g/mol. The number of nitrogens with one attached hydrogen (secondary N) is 1. The van der Waals surface area contributed by atoms with Gasteiger partial charge < -0.3 is 5.32 Å². The van der Waals surface area contributed by atoms with Gasteiger partial charge in [-0.25, -0.2) is 4.98 Å². The van der Waals surface area contributed by atoms with Crippen molar-refractivity contribution in [1.29, 1.82) is 0 Å². The summed E-state index contributed by atoms with van der Waals surface area (Å²) in [6, 6.07) is 6.59. The lowest BCUT2D eigenvalue weighted by Crippen LogP contribution is -2.28. The minimum Gasteiger partial charge on any atom is -0.307 e. The molecule has 1 atom stereocenters. The molecule has 1 saturated heterocycles. The molecule has 1 aliphatic rings. The highest BCUT2D eigenvalue weighted by atomic mass is 32.2. The summed E-state index contributed by atoms with van der Waals surface area (Å²) in [5, 5.41) is 6.70. The second kappa shape index (κ2) is 5.82. The average Bonchev–Trinajstić information content (AvgIpc) is 3.09. The molecular weight excluding hydrogens is 262 g/mol. The Morgan fingerprint density at radius 1 is 1.39 bits per heavy atom. The van der Waals surface area contributed by atoms with E-state index in [-0.39, 0.29) is 0 Å². The largest absolute Gasteiger partial charge is 0.307 e. The van der Waals surface area contributed by atoms with Gasteiger partial charge in [0.25, 0.3) is 0 Å². The zero-order valence-corrected chi connectivity index (χ0v) is 11.6. The van der Waals surface area contributed by atoms with Crippen LogP contribution < -0.4 is 5.32 Å². The van der Waals surface area contributed by atoms with Crippen molar-refractivity contribution in [1.82, 2.24) is 15.3 Å². The van der Waals surface area contributed by atoms with Crippen LogP contribution in [0.5, 0.6) is 0 Å². The maximum absolute atomic E-state index is 4.63. The third kappa shape index (κ3) is 2.91. The Kier molecular flexibility index (Phi) is 3.93. The molecule has 0 aliphatic carbocycles. The summed E-state index contributed by atoms with van der Waals surface area (Å²) >= 11 is 3.70. The molecule has 0 saturated carbocycles. The topological polar surface area (TPSA) is 37.8 Å². The van der Waals surface area contributed by atoms with Crippen LogP contribution in [0, 0.1) is 0 Å². The van der Waals surface area contributed by atoms with E-state index < -0.39 is 0 Å². The third-order valence-electron chi connectivity index (χ3n) is 2.94. The molecule has 18 heavy (non-hydrogen) atoms. The molecule has 2 aromatic heterocycles. The second-order valence-electron chi connectivity index (χ2n) is 4.30. The summed E-state index contributed by atoms with van der Waals surface area (Å²) < 4.78 is 0. The maximum atomic E-state index is 4.63. The predicted molar refractivity (Wildman–Crippen MR) is 77.9 cm³/mol. The Morgan fingerprint density at radius 2 is 2.39 bits per heavy atom. The molecule has 5 heteroatoms. The van der Waals surface area contributed by atoms with Gasteiger partial charge in [-0.1, -0.05) is 6.07 Å². The average molecular weight is 277 g/mol. The third-order valence-corrected chi connectivity index (χ3v) is 5.01. The second-order valence-corrected chi connectivity index (χ2v) is 6.31. The Morgan fingerprint density at radius 3 is 3.17 bits per heavy atom. The molecular formula is C13H15N3S2. The van der Waals surface area contributed by atoms with Crippen LogP contribution in [-0.2, 0) is 6.54 Å². The van der Waals surface area contributed by atoms with Gasteiger partial charge in [0, 0.05) is 29.9 Å². The quantitative estimate of drug-likeness (QED) is 0.932. The van der Waals surface area contributed by atoms with Crippen LogP contribution in [0.2, 0.25) is 0 Å². The van der Waals surface area contributed by atoms with Gasteiger partial charge in [-0.2, -0.15) is 11.8 Å². The summed E-state index contributed by atoms with van der Waals surface area (Å²) in [6.45, 7) is 0.870. The fourth-order valence-electron chi connectivity index (χ4n) is 1.94. The fourth-order valence-corrected chi connectivity index (χ4v) is 3.92. The number of pyridine rings is 1. The number of aromatic nitrogens is 2. The molecule has 1 fully saturated rings. The lowest BCUT2D eigenvalue weighted by molar-refractivity contribution is 0.553. The first kappa shape index (κ1) is 12.1. The standard InChI is InChI=1S/C13H15N3S2/c1-2-5-14-12(3-1)13-16-11(9-18-13)7-15-10-4-6-17-8-10/h1-3,5,9-10,15H,4,6-8H2. The van der Waals surface area contributed by atoms with Crippen LogP contribution in [0.3, 0.4) is 0 Å². The smallest absolute Gasteiger partial charge is 0.142 e. The maximum Gasteiger partial charge on any atom is 0.142 e. The van der Waals surface area contributed by atoms with E-state index in [1.165, 1.54) is 17.9 Å². The lowest BCUT2D eigenvalue weighted by Gasteiger charge is -2.08. The normalized spacial score (nSPS) is 19.2. The molecule has 3 rings (SSSR count). The van der Waals surface area contributed by atoms with Crippen LogP contribution in [0.15, 0.2) is 29.8 Å². The number of rotatable bonds is 4. The lowest BCUT2D eigenvalue weighted by atomic mass is 10.2. The number of hydrogen-bond donors (Lipinski definition) is 1. The van der Waals surface area contributed by atoms with E-state index in [2.05, 4.69) is 20.7 Å². The van der Waals surface area contributed by atoms with Crippen molar-refractivity contribution in [2.24, 2.45) is 0 Å². The van der Waals surface area contributed by atoms with Crippen molar-refractivity contribution in [3.05, 3.63) is 35.5 Å². The Bertz CT molecular complexity index is 492. The summed E-state index contributed by atoms with van der Waals surface area (Å²) in [7, 11) is 0. The minimum absolute atomic E-state index is 0.662. The van der Waals surface area contributed by atoms with Crippen LogP contribution in [0.4, 0.5) is 0 Å². The van der Waals surface area contributed by atoms with Crippen molar-refractivity contribution in [2.45, 2.75) is 19.0 Å². The van der Waals surface area contributed by atoms with Crippen molar-refractivity contribution in [2.75, 3.05) is 11.5 Å².